The number of terminal acetylenes is 1. The van der Waals surface area contributed by atoms with Crippen molar-refractivity contribution in [3.8, 4) is 12.3 Å². The molecular weight excluding hydrogens is 238 g/mol. The molecule has 0 aromatic heterocycles. The number of carboxylic acid groups (broad SMARTS) is 1. The minimum absolute atomic E-state index is 0.0945. The Morgan fingerprint density at radius 1 is 1.59 bits per heavy atom. The van der Waals surface area contributed by atoms with E-state index >= 15 is 0 Å². The number of hydrogen-bond donors (Lipinski definition) is 1. The minimum Gasteiger partial charge on any atom is -0.478 e. The number of carbonyl (C=O) groups excluding carboxylic acids is 1. The largest absolute Gasteiger partial charge is 0.478 e. The third-order valence-corrected chi connectivity index (χ3v) is 3.45. The zero-order chi connectivity index (χ0) is 12.4. The number of nitrogens with zero attached hydrogens (tertiary/aromatic N) is 1. The van der Waals surface area contributed by atoms with E-state index in [1.165, 1.54) is 28.8 Å². The van der Waals surface area contributed by atoms with E-state index < -0.39 is 5.97 Å². The normalized spacial score (nSPS) is 14.1. The van der Waals surface area contributed by atoms with Crippen LogP contribution in [0.25, 0.3) is 0 Å². The van der Waals surface area contributed by atoms with Crippen LogP contribution in [0.5, 0.6) is 0 Å². The van der Waals surface area contributed by atoms with E-state index in [1.54, 1.807) is 6.07 Å². The molecule has 1 aromatic rings. The number of carboxylic acids is 1. The second-order valence-corrected chi connectivity index (χ2v) is 4.48. The second kappa shape index (κ2) is 4.52. The summed E-state index contributed by atoms with van der Waals surface area (Å²) in [6.07, 6.45) is 5.21. The van der Waals surface area contributed by atoms with Crippen LogP contribution < -0.4 is 4.90 Å². The van der Waals surface area contributed by atoms with Gasteiger partial charge in [-0.15, -0.1) is 18.2 Å². The van der Waals surface area contributed by atoms with Crippen LogP contribution in [0.4, 0.5) is 5.69 Å². The van der Waals surface area contributed by atoms with Crippen molar-refractivity contribution >= 4 is 29.3 Å². The van der Waals surface area contributed by atoms with Crippen LogP contribution >= 0.6 is 11.8 Å². The summed E-state index contributed by atoms with van der Waals surface area (Å²) in [5.74, 6) is 1.63. The van der Waals surface area contributed by atoms with E-state index in [4.69, 9.17) is 11.5 Å². The highest BCUT2D eigenvalue weighted by atomic mass is 32.2. The standard InChI is InChI=1S/C12H9NO3S/c1-2-5-13-9-6-8(12(15)16)3-4-10(9)17-7-11(13)14/h1,3-4,6H,5,7H2,(H,15,16). The molecule has 1 aliphatic rings. The third kappa shape index (κ3) is 2.12. The topological polar surface area (TPSA) is 57.6 Å². The van der Waals surface area contributed by atoms with Gasteiger partial charge in [0.1, 0.15) is 0 Å². The lowest BCUT2D eigenvalue weighted by molar-refractivity contribution is -0.116. The lowest BCUT2D eigenvalue weighted by Gasteiger charge is -2.27. The quantitative estimate of drug-likeness (QED) is 0.804. The van der Waals surface area contributed by atoms with Crippen LogP contribution in [-0.2, 0) is 4.79 Å². The summed E-state index contributed by atoms with van der Waals surface area (Å²) < 4.78 is 0. The van der Waals surface area contributed by atoms with Crippen molar-refractivity contribution in [1.29, 1.82) is 0 Å². The second-order valence-electron chi connectivity index (χ2n) is 3.46. The van der Waals surface area contributed by atoms with Gasteiger partial charge in [-0.05, 0) is 18.2 Å². The van der Waals surface area contributed by atoms with Crippen molar-refractivity contribution in [1.82, 2.24) is 0 Å². The number of hydrogen-bond acceptors (Lipinski definition) is 3. The number of carbonyl (C=O) groups is 2. The highest BCUT2D eigenvalue weighted by molar-refractivity contribution is 8.00. The zero-order valence-corrected chi connectivity index (χ0v) is 9.66. The fourth-order valence-electron chi connectivity index (χ4n) is 1.60. The Balaban J connectivity index is 2.49. The number of anilines is 1. The highest BCUT2D eigenvalue weighted by Gasteiger charge is 2.24. The monoisotopic (exact) mass is 247 g/mol. The Labute approximate surface area is 103 Å². The predicted octanol–water partition coefficient (Wildman–Crippen LogP) is 1.46. The van der Waals surface area contributed by atoms with Gasteiger partial charge in [0.05, 0.1) is 23.5 Å². The smallest absolute Gasteiger partial charge is 0.335 e. The molecule has 0 spiro atoms. The molecule has 1 amide bonds. The fraction of sp³-hybridized carbons (Fsp3) is 0.167. The van der Waals surface area contributed by atoms with Gasteiger partial charge in [0.15, 0.2) is 0 Å². The van der Waals surface area contributed by atoms with Crippen LogP contribution in [0.1, 0.15) is 10.4 Å². The van der Waals surface area contributed by atoms with Gasteiger partial charge in [0.25, 0.3) is 0 Å². The molecular formula is C12H9NO3S. The first-order chi connectivity index (χ1) is 8.13. The van der Waals surface area contributed by atoms with E-state index in [1.807, 2.05) is 0 Å². The number of amides is 1. The van der Waals surface area contributed by atoms with Gasteiger partial charge in [-0.1, -0.05) is 5.92 Å². The van der Waals surface area contributed by atoms with Gasteiger partial charge in [-0.2, -0.15) is 0 Å². The summed E-state index contributed by atoms with van der Waals surface area (Å²) in [5.41, 5.74) is 0.741. The summed E-state index contributed by atoms with van der Waals surface area (Å²) in [5, 5.41) is 8.92. The molecule has 86 valence electrons. The molecule has 5 heteroatoms. The molecule has 1 heterocycles. The predicted molar refractivity (Wildman–Crippen MR) is 65.3 cm³/mol. The van der Waals surface area contributed by atoms with Crippen LogP contribution in [0.3, 0.4) is 0 Å². The van der Waals surface area contributed by atoms with Gasteiger partial charge < -0.3 is 5.11 Å². The van der Waals surface area contributed by atoms with E-state index in [9.17, 15) is 9.59 Å². The highest BCUT2D eigenvalue weighted by Crippen LogP contribution is 2.35. The Morgan fingerprint density at radius 2 is 2.35 bits per heavy atom. The fourth-order valence-corrected chi connectivity index (χ4v) is 2.52. The molecule has 0 saturated heterocycles. The minimum atomic E-state index is -1.02. The van der Waals surface area contributed by atoms with E-state index in [2.05, 4.69) is 5.92 Å². The number of thioether (sulfide) groups is 1. The van der Waals surface area contributed by atoms with E-state index in [0.29, 0.717) is 11.4 Å². The molecule has 0 fully saturated rings. The lowest BCUT2D eigenvalue weighted by atomic mass is 10.2. The number of fused-ring (bicyclic) bond motifs is 1. The number of aromatic carboxylic acids is 1. The Bertz CT molecular complexity index is 533. The molecule has 1 aliphatic heterocycles. The molecule has 0 radical (unpaired) electrons. The molecule has 0 atom stereocenters. The summed E-state index contributed by atoms with van der Waals surface area (Å²) >= 11 is 1.39. The van der Waals surface area contributed by atoms with E-state index in [-0.39, 0.29) is 18.0 Å². The van der Waals surface area contributed by atoms with Crippen molar-refractivity contribution in [3.63, 3.8) is 0 Å². The maximum absolute atomic E-state index is 11.7. The van der Waals surface area contributed by atoms with Gasteiger partial charge in [-0.3, -0.25) is 9.69 Å². The van der Waals surface area contributed by atoms with Gasteiger partial charge >= 0.3 is 5.97 Å². The van der Waals surface area contributed by atoms with Crippen LogP contribution in [0.2, 0.25) is 0 Å². The summed E-state index contributed by atoms with van der Waals surface area (Å²) in [6, 6.07) is 4.72. The lowest BCUT2D eigenvalue weighted by Crippen LogP contribution is -2.35. The van der Waals surface area contributed by atoms with Crippen molar-refractivity contribution in [2.75, 3.05) is 17.2 Å². The van der Waals surface area contributed by atoms with Crippen molar-refractivity contribution in [2.24, 2.45) is 0 Å². The zero-order valence-electron chi connectivity index (χ0n) is 8.84. The molecule has 0 aliphatic carbocycles. The Morgan fingerprint density at radius 3 is 3.00 bits per heavy atom. The first kappa shape index (κ1) is 11.6. The molecule has 1 aromatic carbocycles. The molecule has 1 N–H and O–H groups in total. The summed E-state index contributed by atoms with van der Waals surface area (Å²) in [4.78, 5) is 24.9. The van der Waals surface area contributed by atoms with Gasteiger partial charge in [0.2, 0.25) is 5.91 Å². The maximum Gasteiger partial charge on any atom is 0.335 e. The first-order valence-corrected chi connectivity index (χ1v) is 5.86. The summed E-state index contributed by atoms with van der Waals surface area (Å²) in [7, 11) is 0. The Kier molecular flexibility index (Phi) is 3.07. The molecule has 0 unspecified atom stereocenters. The maximum atomic E-state index is 11.7. The number of rotatable bonds is 2. The SMILES string of the molecule is C#CCN1C(=O)CSc2ccc(C(=O)O)cc21. The van der Waals surface area contributed by atoms with Gasteiger partial charge in [0, 0.05) is 4.90 Å². The van der Waals surface area contributed by atoms with Crippen LogP contribution in [0.15, 0.2) is 23.1 Å². The molecule has 17 heavy (non-hydrogen) atoms. The summed E-state index contributed by atoms with van der Waals surface area (Å²) in [6.45, 7) is 0.162. The van der Waals surface area contributed by atoms with Crippen LogP contribution in [-0.4, -0.2) is 29.3 Å². The van der Waals surface area contributed by atoms with Crippen molar-refractivity contribution in [3.05, 3.63) is 23.8 Å². The van der Waals surface area contributed by atoms with Crippen molar-refractivity contribution < 1.29 is 14.7 Å². The third-order valence-electron chi connectivity index (χ3n) is 2.40. The molecule has 0 saturated carbocycles. The molecule has 0 bridgehead atoms. The van der Waals surface area contributed by atoms with Crippen molar-refractivity contribution in [2.45, 2.75) is 4.90 Å². The number of benzene rings is 1. The van der Waals surface area contributed by atoms with Crippen LogP contribution in [0, 0.1) is 12.3 Å². The average Bonchev–Trinajstić information content (AvgIpc) is 2.32. The van der Waals surface area contributed by atoms with Gasteiger partial charge in [-0.25, -0.2) is 4.79 Å². The first-order valence-electron chi connectivity index (χ1n) is 4.87. The van der Waals surface area contributed by atoms with E-state index in [0.717, 1.165) is 4.90 Å². The average molecular weight is 247 g/mol. The molecule has 4 nitrogen and oxygen atoms in total. The molecule has 2 rings (SSSR count). The Hall–Kier alpha value is -1.93.